The summed E-state index contributed by atoms with van der Waals surface area (Å²) in [6.07, 6.45) is 1.22. The van der Waals surface area contributed by atoms with Gasteiger partial charge in [-0.3, -0.25) is 4.90 Å². The average Bonchev–Trinajstić information content (AvgIpc) is 2.31. The summed E-state index contributed by atoms with van der Waals surface area (Å²) in [7, 11) is 0. The molecule has 0 unspecified atom stereocenters. The van der Waals surface area contributed by atoms with E-state index in [2.05, 4.69) is 16.7 Å². The first-order chi connectivity index (χ1) is 8.22. The van der Waals surface area contributed by atoms with E-state index in [-0.39, 0.29) is 0 Å². The molecule has 1 aromatic rings. The molecule has 0 atom stereocenters. The Morgan fingerprint density at radius 2 is 1.94 bits per heavy atom. The first-order valence-electron chi connectivity index (χ1n) is 6.23. The van der Waals surface area contributed by atoms with Crippen LogP contribution in [0.1, 0.15) is 13.3 Å². The Morgan fingerprint density at radius 1 is 1.24 bits per heavy atom. The molecule has 0 radical (unpaired) electrons. The van der Waals surface area contributed by atoms with E-state index in [9.17, 15) is 0 Å². The second-order valence-electron chi connectivity index (χ2n) is 4.51. The van der Waals surface area contributed by atoms with E-state index in [1.165, 1.54) is 13.0 Å². The molecule has 0 spiro atoms. The fraction of sp³-hybridized carbons (Fsp3) is 0.538. The fourth-order valence-electron chi connectivity index (χ4n) is 2.38. The summed E-state index contributed by atoms with van der Waals surface area (Å²) in [5.41, 5.74) is 7.79. The summed E-state index contributed by atoms with van der Waals surface area (Å²) >= 11 is 6.23. The molecule has 1 fully saturated rings. The van der Waals surface area contributed by atoms with E-state index in [4.69, 9.17) is 17.3 Å². The highest BCUT2D eigenvalue weighted by Crippen LogP contribution is 2.32. The van der Waals surface area contributed by atoms with Crippen molar-refractivity contribution < 1.29 is 0 Å². The third-order valence-corrected chi connectivity index (χ3v) is 3.55. The van der Waals surface area contributed by atoms with Crippen LogP contribution in [0, 0.1) is 0 Å². The van der Waals surface area contributed by atoms with Crippen LogP contribution in [0.4, 0.5) is 11.4 Å². The minimum Gasteiger partial charge on any atom is -0.397 e. The number of rotatable bonds is 3. The van der Waals surface area contributed by atoms with Crippen LogP contribution in [0.3, 0.4) is 0 Å². The van der Waals surface area contributed by atoms with Crippen molar-refractivity contribution >= 4 is 23.0 Å². The summed E-state index contributed by atoms with van der Waals surface area (Å²) < 4.78 is 0. The highest BCUT2D eigenvalue weighted by atomic mass is 35.5. The number of nitrogen functional groups attached to an aromatic ring is 1. The van der Waals surface area contributed by atoms with Crippen molar-refractivity contribution in [1.29, 1.82) is 0 Å². The Balaban J connectivity index is 2.05. The molecule has 0 bridgehead atoms. The normalized spacial score (nSPS) is 17.4. The van der Waals surface area contributed by atoms with E-state index in [1.807, 2.05) is 18.2 Å². The molecule has 1 heterocycles. The molecule has 0 saturated carbocycles. The largest absolute Gasteiger partial charge is 0.397 e. The third kappa shape index (κ3) is 2.85. The van der Waals surface area contributed by atoms with E-state index >= 15 is 0 Å². The fourth-order valence-corrected chi connectivity index (χ4v) is 2.68. The number of piperazine rings is 1. The van der Waals surface area contributed by atoms with Crippen LogP contribution < -0.4 is 10.6 Å². The highest BCUT2D eigenvalue weighted by Gasteiger charge is 2.19. The summed E-state index contributed by atoms with van der Waals surface area (Å²) in [6.45, 7) is 7.61. The van der Waals surface area contributed by atoms with E-state index < -0.39 is 0 Å². The van der Waals surface area contributed by atoms with Gasteiger partial charge in [-0.05, 0) is 25.1 Å². The van der Waals surface area contributed by atoms with Gasteiger partial charge in [-0.1, -0.05) is 24.6 Å². The summed E-state index contributed by atoms with van der Waals surface area (Å²) in [4.78, 5) is 4.79. The van der Waals surface area contributed by atoms with Crippen molar-refractivity contribution in [2.45, 2.75) is 13.3 Å². The van der Waals surface area contributed by atoms with Crippen LogP contribution in [-0.4, -0.2) is 37.6 Å². The maximum atomic E-state index is 6.23. The first kappa shape index (κ1) is 12.5. The van der Waals surface area contributed by atoms with Gasteiger partial charge in [0.15, 0.2) is 0 Å². The first-order valence-corrected chi connectivity index (χ1v) is 6.61. The molecule has 17 heavy (non-hydrogen) atoms. The molecule has 3 nitrogen and oxygen atoms in total. The molecule has 2 N–H and O–H groups in total. The minimum absolute atomic E-state index is 0.758. The lowest BCUT2D eigenvalue weighted by atomic mass is 10.2. The van der Waals surface area contributed by atoms with Gasteiger partial charge in [-0.25, -0.2) is 0 Å². The van der Waals surface area contributed by atoms with Crippen molar-refractivity contribution in [3.8, 4) is 0 Å². The van der Waals surface area contributed by atoms with Crippen LogP contribution in [0.2, 0.25) is 5.02 Å². The summed E-state index contributed by atoms with van der Waals surface area (Å²) in [5.74, 6) is 0. The number of nitrogens with two attached hydrogens (primary N) is 1. The van der Waals surface area contributed by atoms with Crippen LogP contribution in [-0.2, 0) is 0 Å². The predicted molar refractivity (Wildman–Crippen MR) is 74.8 cm³/mol. The van der Waals surface area contributed by atoms with E-state index in [0.29, 0.717) is 0 Å². The summed E-state index contributed by atoms with van der Waals surface area (Å²) in [6, 6.07) is 5.72. The monoisotopic (exact) mass is 253 g/mol. The Morgan fingerprint density at radius 3 is 2.53 bits per heavy atom. The number of hydrogen-bond donors (Lipinski definition) is 1. The lowest BCUT2D eigenvalue weighted by Gasteiger charge is -2.36. The molecule has 1 saturated heterocycles. The van der Waals surface area contributed by atoms with Crippen molar-refractivity contribution in [2.75, 3.05) is 43.4 Å². The van der Waals surface area contributed by atoms with Gasteiger partial charge in [0, 0.05) is 26.2 Å². The number of nitrogens with zero attached hydrogens (tertiary/aromatic N) is 2. The molecule has 0 aromatic heterocycles. The lowest BCUT2D eigenvalue weighted by Crippen LogP contribution is -2.46. The van der Waals surface area contributed by atoms with Gasteiger partial charge in [0.05, 0.1) is 16.4 Å². The second-order valence-corrected chi connectivity index (χ2v) is 4.91. The van der Waals surface area contributed by atoms with Crippen LogP contribution >= 0.6 is 11.6 Å². The zero-order valence-corrected chi connectivity index (χ0v) is 11.1. The van der Waals surface area contributed by atoms with Gasteiger partial charge >= 0.3 is 0 Å². The highest BCUT2D eigenvalue weighted by molar-refractivity contribution is 6.34. The molecule has 0 amide bonds. The molecule has 2 rings (SSSR count). The molecule has 4 heteroatoms. The molecule has 94 valence electrons. The minimum atomic E-state index is 0.758. The number of para-hydroxylation sites is 1. The van der Waals surface area contributed by atoms with Crippen LogP contribution in [0.25, 0.3) is 0 Å². The van der Waals surface area contributed by atoms with Crippen molar-refractivity contribution in [3.05, 3.63) is 23.2 Å². The Labute approximate surface area is 108 Å². The number of benzene rings is 1. The van der Waals surface area contributed by atoms with Crippen LogP contribution in [0.5, 0.6) is 0 Å². The van der Waals surface area contributed by atoms with Gasteiger partial charge in [0.25, 0.3) is 0 Å². The molecule has 0 aliphatic carbocycles. The Hall–Kier alpha value is -0.930. The SMILES string of the molecule is CCCN1CCN(c2c(N)cccc2Cl)CC1. The van der Waals surface area contributed by atoms with Crippen LogP contribution in [0.15, 0.2) is 18.2 Å². The number of hydrogen-bond acceptors (Lipinski definition) is 3. The van der Waals surface area contributed by atoms with Gasteiger partial charge in [-0.15, -0.1) is 0 Å². The van der Waals surface area contributed by atoms with Crippen molar-refractivity contribution in [2.24, 2.45) is 0 Å². The van der Waals surface area contributed by atoms with Gasteiger partial charge in [-0.2, -0.15) is 0 Å². The zero-order valence-electron chi connectivity index (χ0n) is 10.3. The lowest BCUT2D eigenvalue weighted by molar-refractivity contribution is 0.258. The Bertz CT molecular complexity index is 353. The molecular weight excluding hydrogens is 234 g/mol. The number of halogens is 1. The zero-order chi connectivity index (χ0) is 12.3. The molecule has 1 aromatic carbocycles. The summed E-state index contributed by atoms with van der Waals surface area (Å²) in [5, 5.41) is 0.758. The average molecular weight is 254 g/mol. The standard InChI is InChI=1S/C13H20ClN3/c1-2-6-16-7-9-17(10-8-16)13-11(14)4-3-5-12(13)15/h3-5H,2,6-10,15H2,1H3. The number of anilines is 2. The maximum absolute atomic E-state index is 6.23. The molecular formula is C13H20ClN3. The van der Waals surface area contributed by atoms with E-state index in [1.54, 1.807) is 0 Å². The maximum Gasteiger partial charge on any atom is 0.0790 e. The third-order valence-electron chi connectivity index (χ3n) is 3.25. The quantitative estimate of drug-likeness (QED) is 0.840. The van der Waals surface area contributed by atoms with Gasteiger partial charge in [0.2, 0.25) is 0 Å². The van der Waals surface area contributed by atoms with Crippen molar-refractivity contribution in [1.82, 2.24) is 4.90 Å². The van der Waals surface area contributed by atoms with E-state index in [0.717, 1.165) is 42.6 Å². The second kappa shape index (κ2) is 5.61. The molecule has 1 aliphatic rings. The topological polar surface area (TPSA) is 32.5 Å². The van der Waals surface area contributed by atoms with Gasteiger partial charge < -0.3 is 10.6 Å². The predicted octanol–water partition coefficient (Wildman–Crippen LogP) is 2.45. The Kier molecular flexibility index (Phi) is 4.13. The smallest absolute Gasteiger partial charge is 0.0790 e. The van der Waals surface area contributed by atoms with Crippen molar-refractivity contribution in [3.63, 3.8) is 0 Å². The van der Waals surface area contributed by atoms with Gasteiger partial charge in [0.1, 0.15) is 0 Å². The molecule has 1 aliphatic heterocycles.